The Hall–Kier alpha value is 0.270. The molecule has 14 heavy (non-hydrogen) atoms. The van der Waals surface area contributed by atoms with Crippen LogP contribution in [0.15, 0.2) is 0 Å². The van der Waals surface area contributed by atoms with Gasteiger partial charge in [-0.1, -0.05) is 12.8 Å². The highest BCUT2D eigenvalue weighted by atomic mass is 32.2. The fourth-order valence-corrected chi connectivity index (χ4v) is 3.95. The van der Waals surface area contributed by atoms with Crippen molar-refractivity contribution in [2.45, 2.75) is 50.1 Å². The lowest BCUT2D eigenvalue weighted by atomic mass is 9.91. The van der Waals surface area contributed by atoms with Gasteiger partial charge in [-0.2, -0.15) is 11.8 Å². The van der Waals surface area contributed by atoms with Crippen LogP contribution in [0.3, 0.4) is 0 Å². The van der Waals surface area contributed by atoms with Gasteiger partial charge in [0.1, 0.15) is 0 Å². The van der Waals surface area contributed by atoms with Crippen LogP contribution in [-0.2, 0) is 0 Å². The molecule has 0 atom stereocenters. The Balaban J connectivity index is 1.89. The SMILES string of the molecule is NCC1(NC2CCCC2)CCSCC1. The van der Waals surface area contributed by atoms with Gasteiger partial charge in [0.25, 0.3) is 0 Å². The molecule has 0 aromatic rings. The van der Waals surface area contributed by atoms with E-state index in [0.717, 1.165) is 12.6 Å². The number of rotatable bonds is 3. The second-order valence-corrected chi connectivity index (χ2v) is 5.95. The van der Waals surface area contributed by atoms with Crippen LogP contribution >= 0.6 is 11.8 Å². The lowest BCUT2D eigenvalue weighted by Gasteiger charge is -2.39. The van der Waals surface area contributed by atoms with E-state index in [2.05, 4.69) is 17.1 Å². The Labute approximate surface area is 91.4 Å². The Morgan fingerprint density at radius 3 is 2.43 bits per heavy atom. The molecule has 1 heterocycles. The van der Waals surface area contributed by atoms with E-state index in [-0.39, 0.29) is 0 Å². The van der Waals surface area contributed by atoms with Crippen LogP contribution in [0.5, 0.6) is 0 Å². The maximum Gasteiger partial charge on any atom is 0.0322 e. The van der Waals surface area contributed by atoms with Gasteiger partial charge >= 0.3 is 0 Å². The largest absolute Gasteiger partial charge is 0.329 e. The summed E-state index contributed by atoms with van der Waals surface area (Å²) in [7, 11) is 0. The molecule has 3 heteroatoms. The molecule has 0 bridgehead atoms. The Bertz CT molecular complexity index is 172. The van der Waals surface area contributed by atoms with Crippen LogP contribution in [0.4, 0.5) is 0 Å². The molecular weight excluding hydrogens is 192 g/mol. The van der Waals surface area contributed by atoms with Crippen molar-refractivity contribution in [2.75, 3.05) is 18.1 Å². The van der Waals surface area contributed by atoms with Gasteiger partial charge in [0.15, 0.2) is 0 Å². The minimum atomic E-state index is 0.292. The van der Waals surface area contributed by atoms with Gasteiger partial charge in [0, 0.05) is 18.1 Å². The maximum absolute atomic E-state index is 5.94. The third-order valence-corrected chi connectivity index (χ3v) is 4.69. The molecule has 0 aromatic carbocycles. The van der Waals surface area contributed by atoms with Crippen molar-refractivity contribution < 1.29 is 0 Å². The van der Waals surface area contributed by atoms with E-state index in [9.17, 15) is 0 Å². The van der Waals surface area contributed by atoms with Crippen molar-refractivity contribution in [1.82, 2.24) is 5.32 Å². The van der Waals surface area contributed by atoms with E-state index in [0.29, 0.717) is 5.54 Å². The second-order valence-electron chi connectivity index (χ2n) is 4.72. The molecule has 0 radical (unpaired) electrons. The smallest absolute Gasteiger partial charge is 0.0322 e. The third-order valence-electron chi connectivity index (χ3n) is 3.71. The molecule has 0 unspecified atom stereocenters. The first kappa shape index (κ1) is 10.8. The minimum absolute atomic E-state index is 0.292. The van der Waals surface area contributed by atoms with Crippen LogP contribution in [0.25, 0.3) is 0 Å². The average molecular weight is 214 g/mol. The van der Waals surface area contributed by atoms with Crippen LogP contribution in [0.1, 0.15) is 38.5 Å². The van der Waals surface area contributed by atoms with E-state index in [1.54, 1.807) is 0 Å². The summed E-state index contributed by atoms with van der Waals surface area (Å²) in [6.07, 6.45) is 8.10. The van der Waals surface area contributed by atoms with Gasteiger partial charge in [-0.15, -0.1) is 0 Å². The Kier molecular flexibility index (Phi) is 3.74. The predicted molar refractivity (Wildman–Crippen MR) is 63.7 cm³/mol. The first-order valence-electron chi connectivity index (χ1n) is 5.90. The average Bonchev–Trinajstić information content (AvgIpc) is 2.72. The van der Waals surface area contributed by atoms with E-state index < -0.39 is 0 Å². The fourth-order valence-electron chi connectivity index (χ4n) is 2.67. The van der Waals surface area contributed by atoms with Gasteiger partial charge in [0.2, 0.25) is 0 Å². The minimum Gasteiger partial charge on any atom is -0.329 e. The van der Waals surface area contributed by atoms with E-state index in [4.69, 9.17) is 5.73 Å². The molecule has 2 nitrogen and oxygen atoms in total. The predicted octanol–water partition coefficient (Wildman–Crippen LogP) is 1.74. The lowest BCUT2D eigenvalue weighted by Crippen LogP contribution is -2.56. The van der Waals surface area contributed by atoms with Gasteiger partial charge in [-0.05, 0) is 37.2 Å². The molecule has 1 aliphatic heterocycles. The lowest BCUT2D eigenvalue weighted by molar-refractivity contribution is 0.271. The molecule has 1 aliphatic carbocycles. The molecule has 1 saturated heterocycles. The van der Waals surface area contributed by atoms with Crippen LogP contribution < -0.4 is 11.1 Å². The summed E-state index contributed by atoms with van der Waals surface area (Å²) in [5.41, 5.74) is 6.24. The zero-order valence-electron chi connectivity index (χ0n) is 8.93. The van der Waals surface area contributed by atoms with Crippen molar-refractivity contribution in [3.8, 4) is 0 Å². The third kappa shape index (κ3) is 2.44. The van der Waals surface area contributed by atoms with E-state index >= 15 is 0 Å². The van der Waals surface area contributed by atoms with E-state index in [1.165, 1.54) is 50.0 Å². The summed E-state index contributed by atoms with van der Waals surface area (Å²) in [5, 5.41) is 3.84. The summed E-state index contributed by atoms with van der Waals surface area (Å²) < 4.78 is 0. The van der Waals surface area contributed by atoms with E-state index in [1.807, 2.05) is 0 Å². The molecule has 0 amide bonds. The number of nitrogens with one attached hydrogen (secondary N) is 1. The monoisotopic (exact) mass is 214 g/mol. The number of hydrogen-bond donors (Lipinski definition) is 2. The summed E-state index contributed by atoms with van der Waals surface area (Å²) >= 11 is 2.07. The molecule has 0 spiro atoms. The highest BCUT2D eigenvalue weighted by molar-refractivity contribution is 7.99. The zero-order valence-corrected chi connectivity index (χ0v) is 9.74. The summed E-state index contributed by atoms with van der Waals surface area (Å²) in [5.74, 6) is 2.58. The van der Waals surface area contributed by atoms with Crippen LogP contribution in [-0.4, -0.2) is 29.6 Å². The molecule has 2 rings (SSSR count). The first-order chi connectivity index (χ1) is 6.85. The standard InChI is InChI=1S/C11H22N2S/c12-9-11(5-7-14-8-6-11)13-10-3-1-2-4-10/h10,13H,1-9,12H2. The Morgan fingerprint density at radius 1 is 1.21 bits per heavy atom. The first-order valence-corrected chi connectivity index (χ1v) is 7.06. The van der Waals surface area contributed by atoms with Crippen molar-refractivity contribution in [2.24, 2.45) is 5.73 Å². The van der Waals surface area contributed by atoms with Gasteiger partial charge < -0.3 is 11.1 Å². The fraction of sp³-hybridized carbons (Fsp3) is 1.00. The number of hydrogen-bond acceptors (Lipinski definition) is 3. The number of thioether (sulfide) groups is 1. The molecule has 3 N–H and O–H groups in total. The molecule has 82 valence electrons. The van der Waals surface area contributed by atoms with Crippen molar-refractivity contribution in [1.29, 1.82) is 0 Å². The van der Waals surface area contributed by atoms with Crippen molar-refractivity contribution >= 4 is 11.8 Å². The molecule has 2 fully saturated rings. The maximum atomic E-state index is 5.94. The van der Waals surface area contributed by atoms with Crippen molar-refractivity contribution in [3.05, 3.63) is 0 Å². The number of nitrogens with two attached hydrogens (primary N) is 1. The molecule has 2 aliphatic rings. The van der Waals surface area contributed by atoms with Crippen LogP contribution in [0.2, 0.25) is 0 Å². The van der Waals surface area contributed by atoms with Gasteiger partial charge in [-0.3, -0.25) is 0 Å². The van der Waals surface area contributed by atoms with Crippen molar-refractivity contribution in [3.63, 3.8) is 0 Å². The van der Waals surface area contributed by atoms with Crippen LogP contribution in [0, 0.1) is 0 Å². The zero-order chi connectivity index (χ0) is 9.86. The summed E-state index contributed by atoms with van der Waals surface area (Å²) in [4.78, 5) is 0. The normalized spacial score (nSPS) is 28.1. The highest BCUT2D eigenvalue weighted by Crippen LogP contribution is 2.29. The van der Waals surface area contributed by atoms with Gasteiger partial charge in [-0.25, -0.2) is 0 Å². The second kappa shape index (κ2) is 4.86. The summed E-state index contributed by atoms with van der Waals surface area (Å²) in [6.45, 7) is 0.823. The topological polar surface area (TPSA) is 38.0 Å². The molecular formula is C11H22N2S. The Morgan fingerprint density at radius 2 is 1.86 bits per heavy atom. The quantitative estimate of drug-likeness (QED) is 0.751. The van der Waals surface area contributed by atoms with Gasteiger partial charge in [0.05, 0.1) is 0 Å². The molecule has 1 saturated carbocycles. The highest BCUT2D eigenvalue weighted by Gasteiger charge is 2.33. The molecule has 0 aromatic heterocycles. The summed E-state index contributed by atoms with van der Waals surface area (Å²) in [6, 6.07) is 0.765.